The van der Waals surface area contributed by atoms with Crippen molar-refractivity contribution in [1.82, 2.24) is 15.2 Å². The van der Waals surface area contributed by atoms with E-state index in [1.807, 2.05) is 30.5 Å². The molecule has 2 heterocycles. The minimum absolute atomic E-state index is 0.148. The number of aliphatic hydroxyl groups is 1. The van der Waals surface area contributed by atoms with Gasteiger partial charge in [-0.1, -0.05) is 6.92 Å². The van der Waals surface area contributed by atoms with Gasteiger partial charge in [0.1, 0.15) is 11.5 Å². The van der Waals surface area contributed by atoms with Gasteiger partial charge in [-0.05, 0) is 68.3 Å². The Morgan fingerprint density at radius 3 is 2.63 bits per heavy atom. The average molecular weight is 539 g/mol. The predicted molar refractivity (Wildman–Crippen MR) is 148 cm³/mol. The number of nitrogens with zero attached hydrogens (tertiary/aromatic N) is 2. The van der Waals surface area contributed by atoms with Gasteiger partial charge in [0.2, 0.25) is 0 Å². The van der Waals surface area contributed by atoms with E-state index < -0.39 is 0 Å². The third-order valence-electron chi connectivity index (χ3n) is 6.45. The number of rotatable bonds is 12. The molecule has 202 valence electrons. The van der Waals surface area contributed by atoms with Crippen molar-refractivity contribution >= 4 is 28.3 Å². The van der Waals surface area contributed by atoms with Crippen molar-refractivity contribution in [3.8, 4) is 22.8 Å². The predicted octanol–water partition coefficient (Wildman–Crippen LogP) is 4.05. The number of nitrogens with one attached hydrogen (secondary N) is 2. The second kappa shape index (κ2) is 13.4. The lowest BCUT2D eigenvalue weighted by Gasteiger charge is -2.22. The molecule has 10 heteroatoms. The van der Waals surface area contributed by atoms with E-state index in [-0.39, 0.29) is 24.5 Å². The first-order valence-corrected chi connectivity index (χ1v) is 13.7. The molecule has 0 saturated carbocycles. The molecule has 2 amide bonds. The van der Waals surface area contributed by atoms with E-state index in [0.717, 1.165) is 37.1 Å². The van der Waals surface area contributed by atoms with Gasteiger partial charge >= 0.3 is 0 Å². The quantitative estimate of drug-likeness (QED) is 0.319. The first kappa shape index (κ1) is 27.6. The Labute approximate surface area is 226 Å². The molecule has 1 aliphatic rings. The van der Waals surface area contributed by atoms with Crippen LogP contribution >= 0.6 is 11.3 Å². The molecule has 0 bridgehead atoms. The van der Waals surface area contributed by atoms with Crippen LogP contribution in [0.3, 0.4) is 0 Å². The first-order chi connectivity index (χ1) is 18.5. The molecule has 1 unspecified atom stereocenters. The molecule has 3 N–H and O–H groups in total. The van der Waals surface area contributed by atoms with E-state index >= 15 is 0 Å². The first-order valence-electron chi connectivity index (χ1n) is 12.8. The number of ether oxygens (including phenoxy) is 2. The Morgan fingerprint density at radius 1 is 1.16 bits per heavy atom. The summed E-state index contributed by atoms with van der Waals surface area (Å²) in [5, 5.41) is 17.5. The second-order valence-corrected chi connectivity index (χ2v) is 9.91. The monoisotopic (exact) mass is 538 g/mol. The van der Waals surface area contributed by atoms with E-state index in [0.29, 0.717) is 47.4 Å². The van der Waals surface area contributed by atoms with E-state index in [1.165, 1.54) is 11.3 Å². The van der Waals surface area contributed by atoms with Gasteiger partial charge in [-0.2, -0.15) is 0 Å². The maximum atomic E-state index is 12.8. The summed E-state index contributed by atoms with van der Waals surface area (Å²) in [4.78, 5) is 32.1. The summed E-state index contributed by atoms with van der Waals surface area (Å²) >= 11 is 1.32. The van der Waals surface area contributed by atoms with Gasteiger partial charge in [-0.15, -0.1) is 11.3 Å². The van der Waals surface area contributed by atoms with Crippen molar-refractivity contribution in [1.29, 1.82) is 0 Å². The van der Waals surface area contributed by atoms with Crippen molar-refractivity contribution in [2.45, 2.75) is 32.2 Å². The zero-order valence-electron chi connectivity index (χ0n) is 21.7. The standard InChI is InChI=1S/C28H34N4O5S/c1-3-15-37-22-10-11-25(36-2)23(16-22)24-18-38-28(30-24)31-27(35)20-8-6-19(7-9-20)26(34)29-12-14-32-13-4-5-21(32)17-33/h6-11,16,18,21,33H,3-5,12-15,17H2,1-2H3,(H,29,34)(H,30,31,35). The SMILES string of the molecule is CCCOc1ccc(OC)c(-c2csc(NC(=O)c3ccc(C(=O)NCCN4CCCC4CO)cc3)n2)c1. The van der Waals surface area contributed by atoms with Crippen LogP contribution < -0.4 is 20.1 Å². The summed E-state index contributed by atoms with van der Waals surface area (Å²) in [7, 11) is 1.60. The normalized spacial score (nSPS) is 15.3. The molecule has 0 spiro atoms. The fourth-order valence-corrected chi connectivity index (χ4v) is 5.11. The number of carbonyl (C=O) groups excluding carboxylic acids is 2. The summed E-state index contributed by atoms with van der Waals surface area (Å²) < 4.78 is 11.2. The molecule has 38 heavy (non-hydrogen) atoms. The van der Waals surface area contributed by atoms with Gasteiger partial charge < -0.3 is 19.9 Å². The molecular weight excluding hydrogens is 504 g/mol. The molecule has 1 saturated heterocycles. The van der Waals surface area contributed by atoms with Crippen molar-refractivity contribution in [3.05, 3.63) is 59.0 Å². The molecule has 9 nitrogen and oxygen atoms in total. The number of hydrogen-bond donors (Lipinski definition) is 3. The van der Waals surface area contributed by atoms with Crippen LogP contribution in [0.2, 0.25) is 0 Å². The Hall–Kier alpha value is -3.47. The molecular formula is C28H34N4O5S. The van der Waals surface area contributed by atoms with Crippen LogP contribution in [-0.4, -0.2) is 72.8 Å². The van der Waals surface area contributed by atoms with Gasteiger partial charge in [-0.25, -0.2) is 4.98 Å². The number of thiazole rings is 1. The van der Waals surface area contributed by atoms with Gasteiger partial charge in [0.25, 0.3) is 11.8 Å². The van der Waals surface area contributed by atoms with Crippen LogP contribution in [-0.2, 0) is 0 Å². The van der Waals surface area contributed by atoms with E-state index in [2.05, 4.69) is 20.5 Å². The molecule has 1 fully saturated rings. The lowest BCUT2D eigenvalue weighted by Crippen LogP contribution is -2.39. The fourth-order valence-electron chi connectivity index (χ4n) is 4.41. The molecule has 1 aliphatic heterocycles. The molecule has 2 aromatic carbocycles. The lowest BCUT2D eigenvalue weighted by atomic mass is 10.1. The molecule has 1 atom stereocenters. The van der Waals surface area contributed by atoms with Crippen molar-refractivity contribution in [2.24, 2.45) is 0 Å². The maximum absolute atomic E-state index is 12.8. The fraction of sp³-hybridized carbons (Fsp3) is 0.393. The number of carbonyl (C=O) groups is 2. The largest absolute Gasteiger partial charge is 0.496 e. The van der Waals surface area contributed by atoms with Crippen LogP contribution in [0, 0.1) is 0 Å². The average Bonchev–Trinajstić information content (AvgIpc) is 3.61. The number of methoxy groups -OCH3 is 1. The summed E-state index contributed by atoms with van der Waals surface area (Å²) in [6, 6.07) is 12.3. The summed E-state index contributed by atoms with van der Waals surface area (Å²) in [5.41, 5.74) is 2.37. The number of likely N-dealkylation sites (tertiary alicyclic amines) is 1. The third-order valence-corrected chi connectivity index (χ3v) is 7.21. The van der Waals surface area contributed by atoms with Crippen molar-refractivity contribution in [3.63, 3.8) is 0 Å². The highest BCUT2D eigenvalue weighted by Gasteiger charge is 2.23. The summed E-state index contributed by atoms with van der Waals surface area (Å²) in [6.07, 6.45) is 2.97. The zero-order chi connectivity index (χ0) is 26.9. The Balaban J connectivity index is 1.33. The zero-order valence-corrected chi connectivity index (χ0v) is 22.6. The molecule has 3 aromatic rings. The third kappa shape index (κ3) is 6.89. The molecule has 0 aliphatic carbocycles. The molecule has 1 aromatic heterocycles. The number of aromatic nitrogens is 1. The van der Waals surface area contributed by atoms with Crippen molar-refractivity contribution in [2.75, 3.05) is 45.3 Å². The molecule has 4 rings (SSSR count). The highest BCUT2D eigenvalue weighted by molar-refractivity contribution is 7.14. The highest BCUT2D eigenvalue weighted by Crippen LogP contribution is 2.35. The highest BCUT2D eigenvalue weighted by atomic mass is 32.1. The topological polar surface area (TPSA) is 113 Å². The van der Waals surface area contributed by atoms with Gasteiger partial charge in [0.05, 0.1) is 26.0 Å². The van der Waals surface area contributed by atoms with Crippen LogP contribution in [0.15, 0.2) is 47.8 Å². The van der Waals surface area contributed by atoms with E-state index in [9.17, 15) is 14.7 Å². The van der Waals surface area contributed by atoms with Gasteiger partial charge in [-0.3, -0.25) is 19.8 Å². The summed E-state index contributed by atoms with van der Waals surface area (Å²) in [6.45, 7) is 4.96. The second-order valence-electron chi connectivity index (χ2n) is 9.05. The molecule has 0 radical (unpaired) electrons. The van der Waals surface area contributed by atoms with Crippen LogP contribution in [0.5, 0.6) is 11.5 Å². The van der Waals surface area contributed by atoms with E-state index in [4.69, 9.17) is 9.47 Å². The maximum Gasteiger partial charge on any atom is 0.257 e. The lowest BCUT2D eigenvalue weighted by molar-refractivity contribution is 0.0941. The number of anilines is 1. The van der Waals surface area contributed by atoms with Crippen LogP contribution in [0.1, 0.15) is 46.9 Å². The Morgan fingerprint density at radius 2 is 1.92 bits per heavy atom. The number of aliphatic hydroxyl groups excluding tert-OH is 1. The minimum Gasteiger partial charge on any atom is -0.496 e. The van der Waals surface area contributed by atoms with Gasteiger partial charge in [0.15, 0.2) is 5.13 Å². The van der Waals surface area contributed by atoms with Crippen molar-refractivity contribution < 1.29 is 24.2 Å². The van der Waals surface area contributed by atoms with Crippen LogP contribution in [0.4, 0.5) is 5.13 Å². The van der Waals surface area contributed by atoms with E-state index in [1.54, 1.807) is 31.4 Å². The number of amides is 2. The smallest absolute Gasteiger partial charge is 0.257 e. The number of benzene rings is 2. The summed E-state index contributed by atoms with van der Waals surface area (Å²) in [5.74, 6) is 0.893. The Kier molecular flexibility index (Phi) is 9.69. The number of hydrogen-bond acceptors (Lipinski definition) is 8. The van der Waals surface area contributed by atoms with Gasteiger partial charge in [0, 0.05) is 41.2 Å². The Bertz CT molecular complexity index is 1230. The minimum atomic E-state index is -0.311. The van der Waals surface area contributed by atoms with Crippen LogP contribution in [0.25, 0.3) is 11.3 Å².